The van der Waals surface area contributed by atoms with Gasteiger partial charge in [0.1, 0.15) is 13.2 Å². The third-order valence-electron chi connectivity index (χ3n) is 15.2. The molecule has 0 aromatic carbocycles. The van der Waals surface area contributed by atoms with Crippen molar-refractivity contribution in [2.45, 2.75) is 361 Å². The topological polar surface area (TPSA) is 78.9 Å². The highest BCUT2D eigenvalue weighted by Gasteiger charge is 2.19. The number of ether oxygens (including phenoxy) is 3. The van der Waals surface area contributed by atoms with E-state index in [0.717, 1.165) is 89.9 Å². The fourth-order valence-corrected chi connectivity index (χ4v) is 9.95. The van der Waals surface area contributed by atoms with E-state index in [1.165, 1.54) is 225 Å². The molecule has 0 aromatic heterocycles. The molecule has 1 atom stereocenters. The predicted molar refractivity (Wildman–Crippen MR) is 344 cm³/mol. The highest BCUT2D eigenvalue weighted by atomic mass is 16.6. The summed E-state index contributed by atoms with van der Waals surface area (Å²) in [6.45, 7) is 6.63. The second kappa shape index (κ2) is 67.4. The first-order valence-electron chi connectivity index (χ1n) is 34.4. The molecule has 0 amide bonds. The fourth-order valence-electron chi connectivity index (χ4n) is 9.95. The Bertz CT molecular complexity index is 1450. The zero-order valence-corrected chi connectivity index (χ0v) is 52.6. The lowest BCUT2D eigenvalue weighted by atomic mass is 10.0. The molecule has 0 saturated heterocycles. The molecule has 0 aliphatic rings. The first kappa shape index (κ1) is 75.8. The van der Waals surface area contributed by atoms with E-state index < -0.39 is 6.10 Å². The van der Waals surface area contributed by atoms with Gasteiger partial charge in [0.25, 0.3) is 0 Å². The van der Waals surface area contributed by atoms with Crippen LogP contribution in [0.3, 0.4) is 0 Å². The lowest BCUT2D eigenvalue weighted by Gasteiger charge is -2.18. The van der Waals surface area contributed by atoms with Crippen LogP contribution in [-0.4, -0.2) is 37.2 Å². The number of hydrogen-bond acceptors (Lipinski definition) is 6. The van der Waals surface area contributed by atoms with Crippen molar-refractivity contribution in [1.82, 2.24) is 0 Å². The smallest absolute Gasteiger partial charge is 0.306 e. The van der Waals surface area contributed by atoms with Crippen molar-refractivity contribution in [3.63, 3.8) is 0 Å². The molecule has 0 aliphatic carbocycles. The van der Waals surface area contributed by atoms with Gasteiger partial charge in [0, 0.05) is 19.3 Å². The van der Waals surface area contributed by atoms with Crippen LogP contribution in [0, 0.1) is 0 Å². The van der Waals surface area contributed by atoms with Crippen LogP contribution in [0.4, 0.5) is 0 Å². The minimum absolute atomic E-state index is 0.0793. The van der Waals surface area contributed by atoms with E-state index in [9.17, 15) is 14.4 Å². The molecule has 79 heavy (non-hydrogen) atoms. The number of esters is 3. The zero-order chi connectivity index (χ0) is 57.1. The van der Waals surface area contributed by atoms with Crippen molar-refractivity contribution in [1.29, 1.82) is 0 Å². The van der Waals surface area contributed by atoms with Crippen molar-refractivity contribution in [3.8, 4) is 0 Å². The molecule has 0 heterocycles. The molecule has 0 rings (SSSR count). The standard InChI is InChI=1S/C73H130O6/c1-4-7-10-13-16-19-22-25-28-30-31-32-33-34-35-36-37-38-39-40-41-43-45-48-51-54-57-60-63-66-72(75)78-69-70(68-77-71(74)65-62-59-56-53-50-47-44-27-24-21-18-15-12-9-6-3)79-73(76)67-64-61-58-55-52-49-46-42-29-26-23-20-17-14-11-8-5-2/h17,20,22,25-27,29-31,33-34,44,70H,4-16,18-19,21,23-24,28,32,35-43,45-69H2,1-3H3/b20-17-,25-22-,29-26-,31-30-,34-33-,44-27-. The summed E-state index contributed by atoms with van der Waals surface area (Å²) in [5.74, 6) is -0.879. The second-order valence-electron chi connectivity index (χ2n) is 23.1. The fraction of sp³-hybridized carbons (Fsp3) is 0.795. The van der Waals surface area contributed by atoms with E-state index in [1.807, 2.05) is 0 Å². The summed E-state index contributed by atoms with van der Waals surface area (Å²) < 4.78 is 17.0. The normalized spacial score (nSPS) is 12.5. The third kappa shape index (κ3) is 65.5. The van der Waals surface area contributed by atoms with Gasteiger partial charge in [-0.1, -0.05) is 293 Å². The Labute approximate surface area is 491 Å². The van der Waals surface area contributed by atoms with Gasteiger partial charge in [-0.3, -0.25) is 14.4 Å². The predicted octanol–water partition coefficient (Wildman–Crippen LogP) is 23.7. The maximum Gasteiger partial charge on any atom is 0.306 e. The Morgan fingerprint density at radius 3 is 0.747 bits per heavy atom. The molecule has 6 nitrogen and oxygen atoms in total. The molecule has 0 fully saturated rings. The highest BCUT2D eigenvalue weighted by Crippen LogP contribution is 2.17. The first-order chi connectivity index (χ1) is 39.0. The molecule has 0 spiro atoms. The van der Waals surface area contributed by atoms with Gasteiger partial charge in [-0.05, 0) is 116 Å². The molecule has 0 aromatic rings. The van der Waals surface area contributed by atoms with Gasteiger partial charge >= 0.3 is 17.9 Å². The van der Waals surface area contributed by atoms with Crippen molar-refractivity contribution >= 4 is 17.9 Å². The highest BCUT2D eigenvalue weighted by molar-refractivity contribution is 5.71. The number of allylic oxidation sites excluding steroid dienone is 12. The summed E-state index contributed by atoms with van der Waals surface area (Å²) in [4.78, 5) is 38.4. The summed E-state index contributed by atoms with van der Waals surface area (Å²) in [6.07, 6.45) is 87.7. The van der Waals surface area contributed by atoms with E-state index >= 15 is 0 Å². The lowest BCUT2D eigenvalue weighted by molar-refractivity contribution is -0.167. The van der Waals surface area contributed by atoms with Crippen LogP contribution in [0.2, 0.25) is 0 Å². The number of unbranched alkanes of at least 4 members (excludes halogenated alkanes) is 40. The second-order valence-corrected chi connectivity index (χ2v) is 23.1. The molecular weight excluding hydrogens is 973 g/mol. The van der Waals surface area contributed by atoms with Gasteiger partial charge < -0.3 is 14.2 Å². The van der Waals surface area contributed by atoms with E-state index in [0.29, 0.717) is 19.3 Å². The van der Waals surface area contributed by atoms with Crippen molar-refractivity contribution in [2.24, 2.45) is 0 Å². The van der Waals surface area contributed by atoms with Crippen molar-refractivity contribution < 1.29 is 28.6 Å². The molecule has 0 bridgehead atoms. The molecule has 458 valence electrons. The summed E-state index contributed by atoms with van der Waals surface area (Å²) >= 11 is 0. The molecule has 0 saturated carbocycles. The molecular formula is C73H130O6. The van der Waals surface area contributed by atoms with Crippen LogP contribution in [0.25, 0.3) is 0 Å². The van der Waals surface area contributed by atoms with Gasteiger partial charge in [0.15, 0.2) is 6.10 Å². The van der Waals surface area contributed by atoms with E-state index in [-0.39, 0.29) is 31.1 Å². The molecule has 1 unspecified atom stereocenters. The Morgan fingerprint density at radius 1 is 0.253 bits per heavy atom. The lowest BCUT2D eigenvalue weighted by Crippen LogP contribution is -2.30. The van der Waals surface area contributed by atoms with Crippen LogP contribution < -0.4 is 0 Å². The molecule has 6 heteroatoms. The first-order valence-corrected chi connectivity index (χ1v) is 34.4. The van der Waals surface area contributed by atoms with E-state index in [2.05, 4.69) is 93.7 Å². The van der Waals surface area contributed by atoms with Crippen LogP contribution in [-0.2, 0) is 28.6 Å². The Balaban J connectivity index is 4.26. The Hall–Kier alpha value is -3.15. The summed E-state index contributed by atoms with van der Waals surface area (Å²) in [6, 6.07) is 0. The minimum atomic E-state index is -0.784. The van der Waals surface area contributed by atoms with E-state index in [1.54, 1.807) is 0 Å². The number of hydrogen-bond donors (Lipinski definition) is 0. The average molecular weight is 1100 g/mol. The van der Waals surface area contributed by atoms with Crippen molar-refractivity contribution in [3.05, 3.63) is 72.9 Å². The summed E-state index contributed by atoms with van der Waals surface area (Å²) in [5.41, 5.74) is 0. The van der Waals surface area contributed by atoms with E-state index in [4.69, 9.17) is 14.2 Å². The Morgan fingerprint density at radius 2 is 0.456 bits per heavy atom. The van der Waals surface area contributed by atoms with Gasteiger partial charge in [-0.25, -0.2) is 0 Å². The largest absolute Gasteiger partial charge is 0.462 e. The van der Waals surface area contributed by atoms with Gasteiger partial charge in [-0.15, -0.1) is 0 Å². The van der Waals surface area contributed by atoms with Crippen LogP contribution >= 0.6 is 0 Å². The molecule has 0 N–H and O–H groups in total. The maximum atomic E-state index is 12.9. The maximum absolute atomic E-state index is 12.9. The third-order valence-corrected chi connectivity index (χ3v) is 15.2. The van der Waals surface area contributed by atoms with Crippen molar-refractivity contribution in [2.75, 3.05) is 13.2 Å². The number of carbonyl (C=O) groups excluding carboxylic acids is 3. The minimum Gasteiger partial charge on any atom is -0.462 e. The average Bonchev–Trinajstić information content (AvgIpc) is 3.45. The Kier molecular flexibility index (Phi) is 64.7. The molecule has 0 radical (unpaired) electrons. The monoisotopic (exact) mass is 1100 g/mol. The van der Waals surface area contributed by atoms with Gasteiger partial charge in [0.05, 0.1) is 0 Å². The zero-order valence-electron chi connectivity index (χ0n) is 52.6. The summed E-state index contributed by atoms with van der Waals surface area (Å²) in [7, 11) is 0. The van der Waals surface area contributed by atoms with Crippen LogP contribution in [0.1, 0.15) is 355 Å². The van der Waals surface area contributed by atoms with Gasteiger partial charge in [-0.2, -0.15) is 0 Å². The SMILES string of the molecule is CCCCC/C=C\C/C=C\CCCCCCCCCC(=O)OC(COC(=O)CCCCCCC/C=C\CCCCCCCC)COC(=O)CCCCCCCCCCCCCCCC/C=C\C/C=C\C/C=C\CCCCCCC. The number of carbonyl (C=O) groups is 3. The molecule has 0 aliphatic heterocycles. The van der Waals surface area contributed by atoms with Crippen LogP contribution in [0.15, 0.2) is 72.9 Å². The summed E-state index contributed by atoms with van der Waals surface area (Å²) in [5, 5.41) is 0. The van der Waals surface area contributed by atoms with Gasteiger partial charge in [0.2, 0.25) is 0 Å². The van der Waals surface area contributed by atoms with Crippen LogP contribution in [0.5, 0.6) is 0 Å². The number of rotatable bonds is 63. The quantitative estimate of drug-likeness (QED) is 0.0261.